The first-order valence-electron chi connectivity index (χ1n) is 7.73. The van der Waals surface area contributed by atoms with Crippen LogP contribution in [0.15, 0.2) is 60.0 Å². The number of nitrogens with one attached hydrogen (secondary N) is 2. The molecule has 0 aliphatic rings. The van der Waals surface area contributed by atoms with E-state index in [0.29, 0.717) is 10.7 Å². The van der Waals surface area contributed by atoms with Crippen molar-refractivity contribution in [2.24, 2.45) is 0 Å². The Balaban J connectivity index is 1.65. The number of anilines is 2. The molecule has 0 saturated heterocycles. The third-order valence-corrected chi connectivity index (χ3v) is 4.79. The molecule has 5 nitrogen and oxygen atoms in total. The second kappa shape index (κ2) is 6.62. The summed E-state index contributed by atoms with van der Waals surface area (Å²) in [5.74, 6) is 0.614. The quantitative estimate of drug-likeness (QED) is 0.494. The predicted octanol–water partition coefficient (Wildman–Crippen LogP) is 5.11. The van der Waals surface area contributed by atoms with Crippen LogP contribution in [0.25, 0.3) is 16.9 Å². The van der Waals surface area contributed by atoms with Gasteiger partial charge in [-0.1, -0.05) is 48.0 Å². The van der Waals surface area contributed by atoms with E-state index in [4.69, 9.17) is 12.2 Å². The lowest BCUT2D eigenvalue weighted by molar-refractivity contribution is 1.03. The van der Waals surface area contributed by atoms with Crippen molar-refractivity contribution >= 4 is 34.6 Å². The summed E-state index contributed by atoms with van der Waals surface area (Å²) in [5.41, 5.74) is 4.17. The smallest absolute Gasteiger partial charge is 0.234 e. The highest BCUT2D eigenvalue weighted by molar-refractivity contribution is 7.71. The molecule has 2 aromatic heterocycles. The van der Waals surface area contributed by atoms with Crippen LogP contribution in [-0.2, 0) is 0 Å². The minimum atomic E-state index is 0.534. The molecule has 2 heterocycles. The molecule has 0 atom stereocenters. The van der Waals surface area contributed by atoms with E-state index in [1.54, 1.807) is 0 Å². The summed E-state index contributed by atoms with van der Waals surface area (Å²) in [6, 6.07) is 18.2. The summed E-state index contributed by atoms with van der Waals surface area (Å²) >= 11 is 6.90. The standard InChI is InChI=1S/C18H15N5S2/c1-12-7-9-14(10-8-12)23-16(21-22-18(23)24)20-17-19-15(11-25-17)13-5-3-2-4-6-13/h2-11H,1H3,(H,22,24)(H,19,20,21). The van der Waals surface area contributed by atoms with Crippen LogP contribution in [0.1, 0.15) is 5.56 Å². The van der Waals surface area contributed by atoms with Crippen molar-refractivity contribution in [3.63, 3.8) is 0 Å². The van der Waals surface area contributed by atoms with E-state index in [9.17, 15) is 0 Å². The van der Waals surface area contributed by atoms with Gasteiger partial charge in [0.1, 0.15) is 0 Å². The van der Waals surface area contributed by atoms with Gasteiger partial charge in [0, 0.05) is 10.9 Å². The summed E-state index contributed by atoms with van der Waals surface area (Å²) in [6.45, 7) is 2.05. The van der Waals surface area contributed by atoms with Gasteiger partial charge in [0.05, 0.1) is 11.4 Å². The zero-order chi connectivity index (χ0) is 17.2. The van der Waals surface area contributed by atoms with Crippen molar-refractivity contribution in [2.75, 3.05) is 5.32 Å². The molecule has 0 bridgehead atoms. The highest BCUT2D eigenvalue weighted by Gasteiger charge is 2.11. The lowest BCUT2D eigenvalue weighted by Gasteiger charge is -2.07. The van der Waals surface area contributed by atoms with Crippen LogP contribution in [0.5, 0.6) is 0 Å². The lowest BCUT2D eigenvalue weighted by Crippen LogP contribution is -2.01. The molecule has 4 rings (SSSR count). The fourth-order valence-corrected chi connectivity index (χ4v) is 3.43. The van der Waals surface area contributed by atoms with E-state index >= 15 is 0 Å². The molecule has 2 N–H and O–H groups in total. The maximum Gasteiger partial charge on any atom is 0.234 e. The van der Waals surface area contributed by atoms with E-state index in [-0.39, 0.29) is 0 Å². The maximum absolute atomic E-state index is 5.37. The molecule has 0 amide bonds. The molecule has 2 aromatic carbocycles. The molecule has 0 spiro atoms. The Morgan fingerprint density at radius 2 is 1.84 bits per heavy atom. The molecule has 0 aliphatic carbocycles. The largest absolute Gasteiger partial charge is 0.300 e. The van der Waals surface area contributed by atoms with Crippen LogP contribution in [-0.4, -0.2) is 19.7 Å². The zero-order valence-corrected chi connectivity index (χ0v) is 15.1. The van der Waals surface area contributed by atoms with E-state index in [1.807, 2.05) is 64.5 Å². The highest BCUT2D eigenvalue weighted by Crippen LogP contribution is 2.27. The molecule has 0 unspecified atom stereocenters. The molecule has 0 saturated carbocycles. The SMILES string of the molecule is Cc1ccc(-n2c(Nc3nc(-c4ccccc4)cs3)n[nH]c2=S)cc1. The van der Waals surface area contributed by atoms with Crippen LogP contribution >= 0.6 is 23.6 Å². The summed E-state index contributed by atoms with van der Waals surface area (Å²) in [4.78, 5) is 4.64. The first-order chi connectivity index (χ1) is 12.2. The Morgan fingerprint density at radius 1 is 1.08 bits per heavy atom. The zero-order valence-electron chi connectivity index (χ0n) is 13.4. The van der Waals surface area contributed by atoms with Gasteiger partial charge in [-0.15, -0.1) is 16.4 Å². The van der Waals surface area contributed by atoms with Crippen LogP contribution < -0.4 is 5.32 Å². The molecule has 4 aromatic rings. The van der Waals surface area contributed by atoms with Gasteiger partial charge in [0.2, 0.25) is 10.7 Å². The topological polar surface area (TPSA) is 58.5 Å². The molecule has 25 heavy (non-hydrogen) atoms. The number of rotatable bonds is 4. The van der Waals surface area contributed by atoms with Gasteiger partial charge >= 0.3 is 0 Å². The third kappa shape index (κ3) is 3.24. The van der Waals surface area contributed by atoms with Crippen LogP contribution in [0.3, 0.4) is 0 Å². The van der Waals surface area contributed by atoms with Crippen LogP contribution in [0.2, 0.25) is 0 Å². The lowest BCUT2D eigenvalue weighted by atomic mass is 10.2. The van der Waals surface area contributed by atoms with E-state index in [2.05, 4.69) is 27.4 Å². The molecule has 0 aliphatic heterocycles. The molecule has 124 valence electrons. The highest BCUT2D eigenvalue weighted by atomic mass is 32.1. The number of H-pyrrole nitrogens is 1. The number of benzene rings is 2. The average molecular weight is 365 g/mol. The number of hydrogen-bond acceptors (Lipinski definition) is 5. The van der Waals surface area contributed by atoms with Gasteiger partial charge in [0.25, 0.3) is 0 Å². The van der Waals surface area contributed by atoms with E-state index in [1.165, 1.54) is 16.9 Å². The molecule has 0 radical (unpaired) electrons. The fourth-order valence-electron chi connectivity index (χ4n) is 2.48. The molecular formula is C18H15N5S2. The second-order valence-corrected chi connectivity index (χ2v) is 6.80. The third-order valence-electron chi connectivity index (χ3n) is 3.76. The van der Waals surface area contributed by atoms with Crippen molar-refractivity contribution in [1.82, 2.24) is 19.7 Å². The van der Waals surface area contributed by atoms with Crippen molar-refractivity contribution < 1.29 is 0 Å². The van der Waals surface area contributed by atoms with Gasteiger partial charge < -0.3 is 0 Å². The monoisotopic (exact) mass is 365 g/mol. The molecule has 7 heteroatoms. The fraction of sp³-hybridized carbons (Fsp3) is 0.0556. The van der Waals surface area contributed by atoms with E-state index < -0.39 is 0 Å². The van der Waals surface area contributed by atoms with Crippen molar-refractivity contribution in [2.45, 2.75) is 6.92 Å². The van der Waals surface area contributed by atoms with Crippen molar-refractivity contribution in [3.8, 4) is 16.9 Å². The Morgan fingerprint density at radius 3 is 2.60 bits per heavy atom. The molecule has 0 fully saturated rings. The van der Waals surface area contributed by atoms with Gasteiger partial charge in [-0.2, -0.15) is 0 Å². The van der Waals surface area contributed by atoms with Gasteiger partial charge in [0.15, 0.2) is 5.13 Å². The molecular weight excluding hydrogens is 350 g/mol. The Kier molecular flexibility index (Phi) is 4.17. The summed E-state index contributed by atoms with van der Waals surface area (Å²) in [5, 5.41) is 13.2. The van der Waals surface area contributed by atoms with Gasteiger partial charge in [-0.25, -0.2) is 10.1 Å². The van der Waals surface area contributed by atoms with Crippen molar-refractivity contribution in [3.05, 3.63) is 70.3 Å². The summed E-state index contributed by atoms with van der Waals surface area (Å²) in [6.07, 6.45) is 0. The number of hydrogen-bond donors (Lipinski definition) is 2. The summed E-state index contributed by atoms with van der Waals surface area (Å²) < 4.78 is 2.39. The second-order valence-electron chi connectivity index (χ2n) is 5.55. The number of aryl methyl sites for hydroxylation is 1. The first kappa shape index (κ1) is 15.7. The Bertz CT molecular complexity index is 1050. The van der Waals surface area contributed by atoms with Crippen LogP contribution in [0.4, 0.5) is 11.1 Å². The average Bonchev–Trinajstić information content (AvgIpc) is 3.24. The predicted molar refractivity (Wildman–Crippen MR) is 104 cm³/mol. The van der Waals surface area contributed by atoms with E-state index in [0.717, 1.165) is 22.1 Å². The van der Waals surface area contributed by atoms with Gasteiger partial charge in [-0.3, -0.25) is 9.88 Å². The number of aromatic nitrogens is 4. The number of aromatic amines is 1. The van der Waals surface area contributed by atoms with Crippen molar-refractivity contribution in [1.29, 1.82) is 0 Å². The Labute approximate surface area is 154 Å². The normalized spacial score (nSPS) is 10.8. The minimum Gasteiger partial charge on any atom is -0.300 e. The first-order valence-corrected chi connectivity index (χ1v) is 9.02. The number of thiazole rings is 1. The minimum absolute atomic E-state index is 0.534. The van der Waals surface area contributed by atoms with Gasteiger partial charge in [-0.05, 0) is 31.3 Å². The summed E-state index contributed by atoms with van der Waals surface area (Å²) in [7, 11) is 0. The maximum atomic E-state index is 5.37. The van der Waals surface area contributed by atoms with Crippen LogP contribution in [0, 0.1) is 11.7 Å². The number of nitrogens with zero attached hydrogens (tertiary/aromatic N) is 3. The Hall–Kier alpha value is -2.77.